The summed E-state index contributed by atoms with van der Waals surface area (Å²) in [5.41, 5.74) is 3.25. The van der Waals surface area contributed by atoms with E-state index in [1.807, 2.05) is 0 Å². The third-order valence-corrected chi connectivity index (χ3v) is 5.25. The summed E-state index contributed by atoms with van der Waals surface area (Å²) < 4.78 is 0. The van der Waals surface area contributed by atoms with Gasteiger partial charge in [0.25, 0.3) is 0 Å². The molecule has 0 bridgehead atoms. The van der Waals surface area contributed by atoms with Crippen LogP contribution in [0.3, 0.4) is 0 Å². The molecule has 4 heterocycles. The van der Waals surface area contributed by atoms with E-state index in [1.54, 1.807) is 0 Å². The number of fused-ring (bicyclic) bond motifs is 1. The number of aryl methyl sites for hydroxylation is 1. The number of hydrogen-bond donors (Lipinski definition) is 2. The van der Waals surface area contributed by atoms with Gasteiger partial charge in [0.1, 0.15) is 5.82 Å². The molecule has 2 N–H and O–H groups in total. The van der Waals surface area contributed by atoms with Gasteiger partial charge in [-0.3, -0.25) is 4.90 Å². The molecule has 4 heteroatoms. The van der Waals surface area contributed by atoms with Gasteiger partial charge in [0.05, 0.1) is 5.69 Å². The number of anilines is 1. The molecule has 20 heavy (non-hydrogen) atoms. The van der Waals surface area contributed by atoms with Crippen molar-refractivity contribution in [1.29, 1.82) is 0 Å². The molecule has 0 amide bonds. The number of hydrogen-bond acceptors (Lipinski definition) is 4. The number of aromatic nitrogens is 1. The molecule has 1 spiro atoms. The van der Waals surface area contributed by atoms with Gasteiger partial charge >= 0.3 is 0 Å². The number of nitrogens with zero attached hydrogens (tertiary/aromatic N) is 2. The highest BCUT2D eigenvalue weighted by molar-refractivity contribution is 5.46. The van der Waals surface area contributed by atoms with E-state index in [1.165, 1.54) is 63.1 Å². The molecule has 2 saturated heterocycles. The predicted octanol–water partition coefficient (Wildman–Crippen LogP) is 1.63. The Morgan fingerprint density at radius 2 is 2.05 bits per heavy atom. The van der Waals surface area contributed by atoms with E-state index in [4.69, 9.17) is 4.98 Å². The third kappa shape index (κ3) is 2.31. The summed E-state index contributed by atoms with van der Waals surface area (Å²) in [7, 11) is 0. The van der Waals surface area contributed by atoms with E-state index in [0.717, 1.165) is 18.9 Å². The zero-order valence-electron chi connectivity index (χ0n) is 12.1. The van der Waals surface area contributed by atoms with E-state index < -0.39 is 0 Å². The van der Waals surface area contributed by atoms with E-state index in [0.29, 0.717) is 5.41 Å². The van der Waals surface area contributed by atoms with Crippen LogP contribution in [0.2, 0.25) is 0 Å². The van der Waals surface area contributed by atoms with Gasteiger partial charge in [-0.1, -0.05) is 6.07 Å². The summed E-state index contributed by atoms with van der Waals surface area (Å²) >= 11 is 0. The van der Waals surface area contributed by atoms with Crippen molar-refractivity contribution in [3.63, 3.8) is 0 Å². The highest BCUT2D eigenvalue weighted by Gasteiger charge is 2.39. The van der Waals surface area contributed by atoms with Crippen molar-refractivity contribution in [2.45, 2.75) is 32.2 Å². The summed E-state index contributed by atoms with van der Waals surface area (Å²) in [5.74, 6) is 1.13. The molecule has 3 aliphatic rings. The third-order valence-electron chi connectivity index (χ3n) is 5.25. The van der Waals surface area contributed by atoms with Gasteiger partial charge in [-0.2, -0.15) is 0 Å². The molecular weight excluding hydrogens is 248 g/mol. The average molecular weight is 272 g/mol. The molecule has 4 nitrogen and oxygen atoms in total. The quantitative estimate of drug-likeness (QED) is 0.858. The summed E-state index contributed by atoms with van der Waals surface area (Å²) in [4.78, 5) is 7.38. The van der Waals surface area contributed by atoms with Crippen LogP contribution in [0, 0.1) is 5.41 Å². The molecule has 0 radical (unpaired) electrons. The first-order valence-electron chi connectivity index (χ1n) is 7.99. The van der Waals surface area contributed by atoms with E-state index in [9.17, 15) is 0 Å². The Labute approximate surface area is 121 Å². The monoisotopic (exact) mass is 272 g/mol. The number of piperidine rings is 1. The van der Waals surface area contributed by atoms with Gasteiger partial charge in [-0.15, -0.1) is 0 Å². The molecule has 3 aliphatic heterocycles. The Balaban J connectivity index is 1.39. The van der Waals surface area contributed by atoms with E-state index in [-0.39, 0.29) is 0 Å². The van der Waals surface area contributed by atoms with E-state index in [2.05, 4.69) is 27.7 Å². The van der Waals surface area contributed by atoms with Crippen molar-refractivity contribution in [2.75, 3.05) is 38.0 Å². The topological polar surface area (TPSA) is 40.2 Å². The first kappa shape index (κ1) is 12.6. The van der Waals surface area contributed by atoms with Crippen LogP contribution in [0.1, 0.15) is 30.5 Å². The maximum atomic E-state index is 4.81. The fourth-order valence-electron chi connectivity index (χ4n) is 3.70. The van der Waals surface area contributed by atoms with Crippen molar-refractivity contribution in [3.05, 3.63) is 23.4 Å². The fourth-order valence-corrected chi connectivity index (χ4v) is 3.70. The van der Waals surface area contributed by atoms with Crippen molar-refractivity contribution in [1.82, 2.24) is 15.2 Å². The average Bonchev–Trinajstić information content (AvgIpc) is 2.46. The lowest BCUT2D eigenvalue weighted by molar-refractivity contribution is 0.0515. The lowest BCUT2D eigenvalue weighted by atomic mass is 9.73. The minimum atomic E-state index is 0.640. The van der Waals surface area contributed by atoms with Crippen LogP contribution in [-0.2, 0) is 13.0 Å². The second-order valence-corrected chi connectivity index (χ2v) is 6.72. The van der Waals surface area contributed by atoms with Gasteiger partial charge in [0, 0.05) is 26.2 Å². The Hall–Kier alpha value is -1.13. The second-order valence-electron chi connectivity index (χ2n) is 6.72. The molecular formula is C16H24N4. The van der Waals surface area contributed by atoms with Crippen LogP contribution >= 0.6 is 0 Å². The lowest BCUT2D eigenvalue weighted by Gasteiger charge is -2.48. The summed E-state index contributed by atoms with van der Waals surface area (Å²) in [5, 5.41) is 6.86. The normalized spacial score (nSPS) is 24.8. The molecule has 2 fully saturated rings. The van der Waals surface area contributed by atoms with Crippen LogP contribution in [0.5, 0.6) is 0 Å². The number of pyridine rings is 1. The zero-order valence-corrected chi connectivity index (χ0v) is 12.1. The Bertz CT molecular complexity index is 485. The van der Waals surface area contributed by atoms with Crippen LogP contribution in [0.25, 0.3) is 0 Å². The second kappa shape index (κ2) is 5.01. The lowest BCUT2D eigenvalue weighted by Crippen LogP contribution is -2.58. The molecule has 0 aromatic carbocycles. The van der Waals surface area contributed by atoms with Gasteiger partial charge in [-0.25, -0.2) is 4.98 Å². The highest BCUT2D eigenvalue weighted by Crippen LogP contribution is 2.35. The first-order valence-corrected chi connectivity index (χ1v) is 7.99. The molecule has 0 aliphatic carbocycles. The van der Waals surface area contributed by atoms with Gasteiger partial charge in [0.2, 0.25) is 0 Å². The highest BCUT2D eigenvalue weighted by atomic mass is 15.2. The maximum Gasteiger partial charge on any atom is 0.129 e. The molecule has 1 aromatic heterocycles. The number of likely N-dealkylation sites (tertiary alicyclic amines) is 1. The Kier molecular flexibility index (Phi) is 3.15. The zero-order chi connectivity index (χ0) is 13.4. The van der Waals surface area contributed by atoms with Crippen LogP contribution in [0.15, 0.2) is 12.1 Å². The number of rotatable bonds is 2. The Morgan fingerprint density at radius 1 is 1.20 bits per heavy atom. The SMILES string of the molecule is c1cc2c(nc1CN1CCC3(CC1)CNC3)NCCC2. The van der Waals surface area contributed by atoms with Gasteiger partial charge in [0.15, 0.2) is 0 Å². The standard InChI is InChI=1S/C16H24N4/c1-2-13-3-4-14(19-15(13)18-7-1)10-20-8-5-16(6-9-20)11-17-12-16/h3-4,17H,1-2,5-12H2,(H,18,19). The first-order chi connectivity index (χ1) is 9.83. The van der Waals surface area contributed by atoms with Crippen molar-refractivity contribution in [2.24, 2.45) is 5.41 Å². The van der Waals surface area contributed by atoms with Gasteiger partial charge < -0.3 is 10.6 Å². The largest absolute Gasteiger partial charge is 0.370 e. The predicted molar refractivity (Wildman–Crippen MR) is 80.9 cm³/mol. The fraction of sp³-hybridized carbons (Fsp3) is 0.688. The van der Waals surface area contributed by atoms with Gasteiger partial charge in [-0.05, 0) is 55.8 Å². The minimum Gasteiger partial charge on any atom is -0.370 e. The molecule has 0 saturated carbocycles. The molecule has 4 rings (SSSR count). The molecule has 0 atom stereocenters. The number of nitrogens with one attached hydrogen (secondary N) is 2. The maximum absolute atomic E-state index is 4.81. The van der Waals surface area contributed by atoms with Crippen molar-refractivity contribution in [3.8, 4) is 0 Å². The van der Waals surface area contributed by atoms with Crippen LogP contribution in [0.4, 0.5) is 5.82 Å². The summed E-state index contributed by atoms with van der Waals surface area (Å²) in [6, 6.07) is 4.49. The Morgan fingerprint density at radius 3 is 2.80 bits per heavy atom. The van der Waals surface area contributed by atoms with E-state index >= 15 is 0 Å². The molecule has 1 aromatic rings. The van der Waals surface area contributed by atoms with Crippen molar-refractivity contribution >= 4 is 5.82 Å². The summed E-state index contributed by atoms with van der Waals surface area (Å²) in [6.07, 6.45) is 5.11. The smallest absolute Gasteiger partial charge is 0.129 e. The minimum absolute atomic E-state index is 0.640. The van der Waals surface area contributed by atoms with Crippen molar-refractivity contribution < 1.29 is 0 Å². The summed E-state index contributed by atoms with van der Waals surface area (Å²) in [6.45, 7) is 7.02. The van der Waals surface area contributed by atoms with Crippen LogP contribution in [-0.4, -0.2) is 42.6 Å². The molecule has 108 valence electrons. The molecule has 0 unspecified atom stereocenters. The van der Waals surface area contributed by atoms with Crippen LogP contribution < -0.4 is 10.6 Å².